The number of piperidine rings is 1. The molecule has 0 aromatic heterocycles. The summed E-state index contributed by atoms with van der Waals surface area (Å²) < 4.78 is 6.15. The summed E-state index contributed by atoms with van der Waals surface area (Å²) in [5.41, 5.74) is 12.3. The van der Waals surface area contributed by atoms with Crippen LogP contribution >= 0.6 is 11.6 Å². The molecule has 6 unspecified atom stereocenters. The average Bonchev–Trinajstić information content (AvgIpc) is 3.28. The molecular weight excluding hydrogens is 442 g/mol. The van der Waals surface area contributed by atoms with Gasteiger partial charge >= 0.3 is 0 Å². The van der Waals surface area contributed by atoms with Crippen LogP contribution in [0.2, 0.25) is 0 Å². The second-order valence-corrected chi connectivity index (χ2v) is 10.5. The number of amides is 1. The number of hydrazine groups is 1. The first-order chi connectivity index (χ1) is 15.8. The first-order valence-electron chi connectivity index (χ1n) is 12.5. The molecule has 0 aromatic carbocycles. The highest BCUT2D eigenvalue weighted by atomic mass is 35.5. The van der Waals surface area contributed by atoms with E-state index in [1.54, 1.807) is 0 Å². The molecule has 6 N–H and O–H groups in total. The first-order valence-corrected chi connectivity index (χ1v) is 12.9. The second kappa shape index (κ2) is 12.2. The molecule has 0 aliphatic carbocycles. The molecule has 33 heavy (non-hydrogen) atoms. The van der Waals surface area contributed by atoms with Crippen molar-refractivity contribution in [3.05, 3.63) is 11.2 Å². The highest BCUT2D eigenvalue weighted by molar-refractivity contribution is 6.30. The van der Waals surface area contributed by atoms with Crippen molar-refractivity contribution in [3.63, 3.8) is 0 Å². The molecule has 3 aliphatic rings. The van der Waals surface area contributed by atoms with Gasteiger partial charge in [-0.2, -0.15) is 5.01 Å². The van der Waals surface area contributed by atoms with Gasteiger partial charge in [-0.25, -0.2) is 0 Å². The van der Waals surface area contributed by atoms with Gasteiger partial charge in [0.25, 0.3) is 0 Å². The number of hydrogen-bond donors (Lipinski definition) is 4. The van der Waals surface area contributed by atoms with Crippen molar-refractivity contribution in [3.8, 4) is 0 Å². The minimum Gasteiger partial charge on any atom is -0.376 e. The Morgan fingerprint density at radius 3 is 2.82 bits per heavy atom. The summed E-state index contributed by atoms with van der Waals surface area (Å²) in [6, 6.07) is -0.0183. The van der Waals surface area contributed by atoms with Crippen LogP contribution in [0.15, 0.2) is 11.2 Å². The maximum absolute atomic E-state index is 13.4. The number of carbonyl (C=O) groups is 1. The molecular formula is C23H44ClN7O2. The van der Waals surface area contributed by atoms with Crippen LogP contribution in [0.1, 0.15) is 46.0 Å². The van der Waals surface area contributed by atoms with Gasteiger partial charge in [0, 0.05) is 19.4 Å². The predicted octanol–water partition coefficient (Wildman–Crippen LogP) is 0.809. The van der Waals surface area contributed by atoms with E-state index >= 15 is 0 Å². The van der Waals surface area contributed by atoms with Crippen molar-refractivity contribution in [2.24, 2.45) is 23.3 Å². The van der Waals surface area contributed by atoms with Crippen LogP contribution in [0.25, 0.3) is 0 Å². The lowest BCUT2D eigenvalue weighted by molar-refractivity contribution is -0.128. The molecule has 3 rings (SSSR count). The lowest BCUT2D eigenvalue weighted by Gasteiger charge is -2.34. The van der Waals surface area contributed by atoms with Crippen LogP contribution in [0, 0.1) is 11.8 Å². The van der Waals surface area contributed by atoms with Crippen LogP contribution in [0.3, 0.4) is 0 Å². The smallest absolute Gasteiger partial charge is 0.229 e. The maximum Gasteiger partial charge on any atom is 0.229 e. The minimum absolute atomic E-state index is 0.0116. The van der Waals surface area contributed by atoms with Crippen molar-refractivity contribution < 1.29 is 9.53 Å². The fraction of sp³-hybridized carbons (Fsp3) is 0.870. The zero-order chi connectivity index (χ0) is 24.1. The van der Waals surface area contributed by atoms with E-state index in [0.29, 0.717) is 19.1 Å². The van der Waals surface area contributed by atoms with Crippen molar-refractivity contribution in [2.45, 2.75) is 76.5 Å². The molecule has 0 bridgehead atoms. The van der Waals surface area contributed by atoms with E-state index < -0.39 is 12.1 Å². The second-order valence-electron chi connectivity index (χ2n) is 10.0. The summed E-state index contributed by atoms with van der Waals surface area (Å²) >= 11 is 6.55. The van der Waals surface area contributed by atoms with E-state index in [4.69, 9.17) is 27.8 Å². The zero-order valence-corrected chi connectivity index (χ0v) is 21.4. The Morgan fingerprint density at radius 1 is 1.39 bits per heavy atom. The summed E-state index contributed by atoms with van der Waals surface area (Å²) in [7, 11) is 4.11. The number of rotatable bonds is 13. The molecule has 2 fully saturated rings. The lowest BCUT2D eigenvalue weighted by atomic mass is 9.94. The van der Waals surface area contributed by atoms with Gasteiger partial charge in [-0.3, -0.25) is 9.80 Å². The topological polar surface area (TPSA) is 112 Å². The normalized spacial score (nSPS) is 30.9. The Kier molecular flexibility index (Phi) is 9.82. The molecule has 7 atom stereocenters. The standard InChI is InChI=1S/C23H44ClN7O2/c1-5-6-8-15(2)20-16(24)14-30-23(31(20)30)19(21(25)26)22(32)28-17-13-27-10-9-18(17)33-12-7-11-29(3)4/h14-15,17-21,23,27H,5-13,25-26H2,1-4H3,(H,28,32)/t15?,17-,18?,19?,20?,23?,30?,31?/m0/s1. The molecule has 3 aliphatic heterocycles. The Bertz CT molecular complexity index is 677. The van der Waals surface area contributed by atoms with Gasteiger partial charge in [0.05, 0.1) is 29.4 Å². The van der Waals surface area contributed by atoms with E-state index in [1.807, 2.05) is 11.2 Å². The van der Waals surface area contributed by atoms with Gasteiger partial charge in [0.15, 0.2) is 0 Å². The third-order valence-electron chi connectivity index (χ3n) is 7.00. The highest BCUT2D eigenvalue weighted by Gasteiger charge is 2.60. The average molecular weight is 486 g/mol. The zero-order valence-electron chi connectivity index (χ0n) is 20.7. The van der Waals surface area contributed by atoms with Crippen LogP contribution in [0.5, 0.6) is 0 Å². The molecule has 0 spiro atoms. The first kappa shape index (κ1) is 26.7. The van der Waals surface area contributed by atoms with E-state index in [-0.39, 0.29) is 30.3 Å². The van der Waals surface area contributed by atoms with Gasteiger partial charge < -0.3 is 31.7 Å². The van der Waals surface area contributed by atoms with E-state index in [2.05, 4.69) is 48.5 Å². The Labute approximate surface area is 204 Å². The molecule has 3 heterocycles. The maximum atomic E-state index is 13.4. The minimum atomic E-state index is -0.768. The van der Waals surface area contributed by atoms with Gasteiger partial charge in [-0.1, -0.05) is 38.3 Å². The molecule has 9 nitrogen and oxygen atoms in total. The third kappa shape index (κ3) is 6.60. The third-order valence-corrected chi connectivity index (χ3v) is 7.32. The van der Waals surface area contributed by atoms with Crippen LogP contribution < -0.4 is 22.1 Å². The van der Waals surface area contributed by atoms with Crippen LogP contribution in [-0.4, -0.2) is 91.7 Å². The Morgan fingerprint density at radius 2 is 2.15 bits per heavy atom. The summed E-state index contributed by atoms with van der Waals surface area (Å²) in [5.74, 6) is -0.281. The summed E-state index contributed by atoms with van der Waals surface area (Å²) in [5, 5.41) is 11.6. The van der Waals surface area contributed by atoms with Gasteiger partial charge in [-0.05, 0) is 52.4 Å². The van der Waals surface area contributed by atoms with E-state index in [0.717, 1.165) is 50.2 Å². The number of nitrogens with one attached hydrogen (secondary N) is 2. The molecule has 0 aromatic rings. The monoisotopic (exact) mass is 485 g/mol. The SMILES string of the molecule is CCCCC(C)C1C(Cl)=CN2C(C(C(=O)N[C@H]3CNCCC3OCCCN(C)C)C(N)N)N12. The molecule has 190 valence electrons. The number of ether oxygens (including phenoxy) is 1. The van der Waals surface area contributed by atoms with Crippen molar-refractivity contribution in [2.75, 3.05) is 40.3 Å². The number of hydrogen-bond acceptors (Lipinski definition) is 8. The van der Waals surface area contributed by atoms with Crippen LogP contribution in [-0.2, 0) is 9.53 Å². The fourth-order valence-corrected chi connectivity index (χ4v) is 5.54. The number of unbranched alkanes of at least 4 members (excludes halogenated alkanes) is 1. The van der Waals surface area contributed by atoms with Gasteiger partial charge in [0.1, 0.15) is 12.1 Å². The molecule has 1 amide bonds. The Balaban J connectivity index is 1.60. The van der Waals surface area contributed by atoms with Crippen molar-refractivity contribution in [1.82, 2.24) is 25.6 Å². The largest absolute Gasteiger partial charge is 0.376 e. The number of nitrogens with zero attached hydrogens (tertiary/aromatic N) is 3. The summed E-state index contributed by atoms with van der Waals surface area (Å²) in [6.07, 6.45) is 6.22. The summed E-state index contributed by atoms with van der Waals surface area (Å²) in [4.78, 5) is 15.5. The molecule has 10 heteroatoms. The number of carbonyl (C=O) groups excluding carboxylic acids is 1. The van der Waals surface area contributed by atoms with Crippen molar-refractivity contribution >= 4 is 17.5 Å². The van der Waals surface area contributed by atoms with Crippen LogP contribution in [0.4, 0.5) is 0 Å². The predicted molar refractivity (Wildman–Crippen MR) is 132 cm³/mol. The lowest BCUT2D eigenvalue weighted by Crippen LogP contribution is -2.59. The number of halogens is 1. The van der Waals surface area contributed by atoms with E-state index in [1.165, 1.54) is 0 Å². The van der Waals surface area contributed by atoms with Gasteiger partial charge in [0.2, 0.25) is 5.91 Å². The molecule has 0 saturated carbocycles. The Hall–Kier alpha value is -0.940. The molecule has 2 saturated heterocycles. The molecule has 0 radical (unpaired) electrons. The summed E-state index contributed by atoms with van der Waals surface area (Å²) in [6.45, 7) is 7.64. The highest BCUT2D eigenvalue weighted by Crippen LogP contribution is 2.48. The number of nitrogens with two attached hydrogens (primary N) is 2. The number of fused-ring (bicyclic) bond motifs is 1. The van der Waals surface area contributed by atoms with Gasteiger partial charge in [-0.15, -0.1) is 0 Å². The fourth-order valence-electron chi connectivity index (χ4n) is 5.12. The van der Waals surface area contributed by atoms with Crippen molar-refractivity contribution in [1.29, 1.82) is 0 Å². The quantitative estimate of drug-likeness (QED) is 0.172. The van der Waals surface area contributed by atoms with E-state index in [9.17, 15) is 4.79 Å².